The number of aliphatic hydroxyl groups excluding tert-OH is 3. The van der Waals surface area contributed by atoms with Gasteiger partial charge in [-0.05, 0) is 19.3 Å². The standard InChI is InChI=1S/C12H24N6O6/c19-4-1-7-22-16-10-13-11(17-23-8-2-5-20)15-12(14-10)18-24-9-3-6-21/h19-21H,1-9H2,(H3,13,14,15,16,17,18). The van der Waals surface area contributed by atoms with Crippen molar-refractivity contribution in [3.8, 4) is 0 Å². The molecule has 138 valence electrons. The molecule has 1 aromatic heterocycles. The van der Waals surface area contributed by atoms with Gasteiger partial charge < -0.3 is 15.3 Å². The Labute approximate surface area is 139 Å². The Morgan fingerprint density at radius 1 is 0.583 bits per heavy atom. The van der Waals surface area contributed by atoms with Crippen molar-refractivity contribution in [3.63, 3.8) is 0 Å². The number of nitrogens with one attached hydrogen (secondary N) is 3. The lowest BCUT2D eigenvalue weighted by atomic mass is 10.5. The van der Waals surface area contributed by atoms with E-state index in [1.165, 1.54) is 0 Å². The van der Waals surface area contributed by atoms with Gasteiger partial charge in [-0.3, -0.25) is 14.5 Å². The molecule has 0 aliphatic rings. The van der Waals surface area contributed by atoms with E-state index in [4.69, 9.17) is 29.8 Å². The highest BCUT2D eigenvalue weighted by atomic mass is 16.7. The monoisotopic (exact) mass is 348 g/mol. The van der Waals surface area contributed by atoms with E-state index in [0.717, 1.165) is 0 Å². The average molecular weight is 348 g/mol. The van der Waals surface area contributed by atoms with E-state index in [1.807, 2.05) is 0 Å². The molecule has 1 aromatic rings. The molecule has 1 heterocycles. The molecule has 0 unspecified atom stereocenters. The Balaban J connectivity index is 2.58. The maximum atomic E-state index is 8.70. The van der Waals surface area contributed by atoms with Gasteiger partial charge in [0.1, 0.15) is 0 Å². The fraction of sp³-hybridized carbons (Fsp3) is 0.750. The summed E-state index contributed by atoms with van der Waals surface area (Å²) in [4.78, 5) is 27.3. The summed E-state index contributed by atoms with van der Waals surface area (Å²) in [6.07, 6.45) is 1.38. The van der Waals surface area contributed by atoms with E-state index in [-0.39, 0.29) is 57.5 Å². The van der Waals surface area contributed by atoms with E-state index >= 15 is 0 Å². The Hall–Kier alpha value is -1.83. The van der Waals surface area contributed by atoms with Gasteiger partial charge >= 0.3 is 0 Å². The van der Waals surface area contributed by atoms with Crippen LogP contribution in [0.15, 0.2) is 0 Å². The third-order valence-corrected chi connectivity index (χ3v) is 2.34. The second kappa shape index (κ2) is 13.6. The van der Waals surface area contributed by atoms with E-state index < -0.39 is 0 Å². The van der Waals surface area contributed by atoms with E-state index in [0.29, 0.717) is 19.3 Å². The molecule has 0 atom stereocenters. The molecule has 1 rings (SSSR count). The molecule has 12 heteroatoms. The minimum Gasteiger partial charge on any atom is -0.396 e. The SMILES string of the molecule is OCCCONc1nc(NOCCCO)nc(NOCCCO)n1. The normalized spacial score (nSPS) is 10.6. The largest absolute Gasteiger partial charge is 0.396 e. The molecule has 0 saturated carbocycles. The van der Waals surface area contributed by atoms with Crippen LogP contribution in [-0.4, -0.2) is 69.9 Å². The lowest BCUT2D eigenvalue weighted by Gasteiger charge is -2.11. The minimum atomic E-state index is 0.00981. The number of hydrogen-bond acceptors (Lipinski definition) is 12. The molecule has 0 aromatic carbocycles. The summed E-state index contributed by atoms with van der Waals surface area (Å²) >= 11 is 0. The van der Waals surface area contributed by atoms with Gasteiger partial charge in [-0.1, -0.05) is 0 Å². The number of hydrogen-bond donors (Lipinski definition) is 6. The number of rotatable bonds is 15. The molecule has 0 aliphatic carbocycles. The number of aliphatic hydroxyl groups is 3. The highest BCUT2D eigenvalue weighted by molar-refractivity contribution is 5.39. The average Bonchev–Trinajstić information content (AvgIpc) is 2.59. The zero-order valence-electron chi connectivity index (χ0n) is 13.3. The van der Waals surface area contributed by atoms with Crippen molar-refractivity contribution in [2.45, 2.75) is 19.3 Å². The summed E-state index contributed by atoms with van der Waals surface area (Å²) < 4.78 is 0. The van der Waals surface area contributed by atoms with Crippen LogP contribution >= 0.6 is 0 Å². The molecule has 6 N–H and O–H groups in total. The second-order valence-electron chi connectivity index (χ2n) is 4.39. The summed E-state index contributed by atoms with van der Waals surface area (Å²) in [5.74, 6) is 0.304. The van der Waals surface area contributed by atoms with Crippen LogP contribution in [0.2, 0.25) is 0 Å². The zero-order chi connectivity index (χ0) is 17.5. The maximum Gasteiger partial charge on any atom is 0.253 e. The van der Waals surface area contributed by atoms with Crippen LogP contribution in [0.25, 0.3) is 0 Å². The van der Waals surface area contributed by atoms with Crippen molar-refractivity contribution in [3.05, 3.63) is 0 Å². The number of nitrogens with zero attached hydrogens (tertiary/aromatic N) is 3. The molecular weight excluding hydrogens is 324 g/mol. The summed E-state index contributed by atoms with van der Waals surface area (Å²) in [6.45, 7) is 0.844. The van der Waals surface area contributed by atoms with E-state index in [2.05, 4.69) is 31.4 Å². The van der Waals surface area contributed by atoms with Gasteiger partial charge in [0.15, 0.2) is 0 Å². The Morgan fingerprint density at radius 3 is 1.12 bits per heavy atom. The molecule has 0 spiro atoms. The number of aromatic nitrogens is 3. The van der Waals surface area contributed by atoms with Crippen LogP contribution < -0.4 is 16.4 Å². The van der Waals surface area contributed by atoms with Crippen LogP contribution in [0.5, 0.6) is 0 Å². The smallest absolute Gasteiger partial charge is 0.253 e. The third kappa shape index (κ3) is 9.34. The van der Waals surface area contributed by atoms with Crippen molar-refractivity contribution < 1.29 is 29.8 Å². The summed E-state index contributed by atoms with van der Waals surface area (Å²) in [7, 11) is 0. The molecule has 0 saturated heterocycles. The lowest BCUT2D eigenvalue weighted by Crippen LogP contribution is -2.15. The van der Waals surface area contributed by atoms with Gasteiger partial charge in [-0.2, -0.15) is 15.0 Å². The van der Waals surface area contributed by atoms with Crippen molar-refractivity contribution in [2.24, 2.45) is 0 Å². The fourth-order valence-electron chi connectivity index (χ4n) is 1.27. The van der Waals surface area contributed by atoms with E-state index in [9.17, 15) is 0 Å². The molecule has 0 radical (unpaired) electrons. The van der Waals surface area contributed by atoms with Gasteiger partial charge in [0.05, 0.1) is 19.8 Å². The van der Waals surface area contributed by atoms with Gasteiger partial charge in [0.2, 0.25) is 0 Å². The molecular formula is C12H24N6O6. The third-order valence-electron chi connectivity index (χ3n) is 2.34. The molecule has 0 amide bonds. The Kier molecular flexibility index (Phi) is 11.5. The molecule has 24 heavy (non-hydrogen) atoms. The Morgan fingerprint density at radius 2 is 0.875 bits per heavy atom. The van der Waals surface area contributed by atoms with Crippen LogP contribution in [0, 0.1) is 0 Å². The predicted octanol–water partition coefficient (Wildman–Crippen LogP) is -0.951. The summed E-state index contributed by atoms with van der Waals surface area (Å²) in [5.41, 5.74) is 7.56. The predicted molar refractivity (Wildman–Crippen MR) is 83.7 cm³/mol. The number of anilines is 3. The first-order valence-corrected chi connectivity index (χ1v) is 7.52. The van der Waals surface area contributed by atoms with Gasteiger partial charge in [-0.25, -0.2) is 16.4 Å². The van der Waals surface area contributed by atoms with Crippen molar-refractivity contribution >= 4 is 17.8 Å². The van der Waals surface area contributed by atoms with Crippen molar-refractivity contribution in [2.75, 3.05) is 56.1 Å². The van der Waals surface area contributed by atoms with Crippen molar-refractivity contribution in [1.29, 1.82) is 0 Å². The van der Waals surface area contributed by atoms with Crippen LogP contribution in [0.4, 0.5) is 17.8 Å². The highest BCUT2D eigenvalue weighted by Gasteiger charge is 2.07. The lowest BCUT2D eigenvalue weighted by molar-refractivity contribution is 0.155. The topological polar surface area (TPSA) is 163 Å². The zero-order valence-corrected chi connectivity index (χ0v) is 13.3. The first kappa shape index (κ1) is 20.2. The molecule has 12 nitrogen and oxygen atoms in total. The van der Waals surface area contributed by atoms with E-state index in [1.54, 1.807) is 0 Å². The first-order valence-electron chi connectivity index (χ1n) is 7.52. The van der Waals surface area contributed by atoms with Gasteiger partial charge in [0.25, 0.3) is 17.8 Å². The van der Waals surface area contributed by atoms with Gasteiger partial charge in [0, 0.05) is 19.8 Å². The molecule has 0 aliphatic heterocycles. The maximum absolute atomic E-state index is 8.70. The van der Waals surface area contributed by atoms with Crippen LogP contribution in [0.1, 0.15) is 19.3 Å². The highest BCUT2D eigenvalue weighted by Crippen LogP contribution is 2.10. The second-order valence-corrected chi connectivity index (χ2v) is 4.39. The van der Waals surface area contributed by atoms with Crippen molar-refractivity contribution in [1.82, 2.24) is 15.0 Å². The fourth-order valence-corrected chi connectivity index (χ4v) is 1.27. The van der Waals surface area contributed by atoms with Crippen LogP contribution in [0.3, 0.4) is 0 Å². The first-order chi connectivity index (χ1) is 11.8. The Bertz CT molecular complexity index is 366. The molecule has 0 fully saturated rings. The summed E-state index contributed by atoms with van der Waals surface area (Å²) in [6, 6.07) is 0. The van der Waals surface area contributed by atoms with Crippen LogP contribution in [-0.2, 0) is 14.5 Å². The molecule has 0 bridgehead atoms. The summed E-state index contributed by atoms with van der Waals surface area (Å²) in [5, 5.41) is 26.1. The van der Waals surface area contributed by atoms with Gasteiger partial charge in [-0.15, -0.1) is 0 Å². The minimum absolute atomic E-state index is 0.00981. The quantitative estimate of drug-likeness (QED) is 0.170.